The lowest BCUT2D eigenvalue weighted by Crippen LogP contribution is -2.12. The predicted molar refractivity (Wildman–Crippen MR) is 89.9 cm³/mol. The summed E-state index contributed by atoms with van der Waals surface area (Å²) in [6.07, 6.45) is 1.64. The molecule has 21 heavy (non-hydrogen) atoms. The summed E-state index contributed by atoms with van der Waals surface area (Å²) < 4.78 is 8.97. The van der Waals surface area contributed by atoms with Gasteiger partial charge < -0.3 is 10.5 Å². The first-order chi connectivity index (χ1) is 10.0. The number of nitrogens with zero attached hydrogens (tertiary/aromatic N) is 3. The second-order valence-electron chi connectivity index (χ2n) is 4.64. The Kier molecular flexibility index (Phi) is 5.40. The zero-order valence-electron chi connectivity index (χ0n) is 12.2. The maximum Gasteiger partial charge on any atom is 0.135 e. The van der Waals surface area contributed by atoms with E-state index in [1.807, 2.05) is 23.7 Å². The van der Waals surface area contributed by atoms with E-state index in [0.717, 1.165) is 44.6 Å². The summed E-state index contributed by atoms with van der Waals surface area (Å²) in [5.41, 5.74) is 8.88. The molecule has 0 saturated heterocycles. The van der Waals surface area contributed by atoms with Gasteiger partial charge in [-0.2, -0.15) is 0 Å². The van der Waals surface area contributed by atoms with Crippen molar-refractivity contribution in [1.82, 2.24) is 15.0 Å². The lowest BCUT2D eigenvalue weighted by molar-refractivity contribution is 0.411. The summed E-state index contributed by atoms with van der Waals surface area (Å²) in [6, 6.07) is 3.77. The van der Waals surface area contributed by atoms with Crippen LogP contribution in [0.1, 0.15) is 37.7 Å². The number of aromatic nitrogens is 3. The van der Waals surface area contributed by atoms with E-state index in [1.54, 1.807) is 7.11 Å². The molecule has 0 aliphatic carbocycles. The van der Waals surface area contributed by atoms with Gasteiger partial charge in [-0.05, 0) is 50.8 Å². The van der Waals surface area contributed by atoms with Gasteiger partial charge in [0.25, 0.3) is 0 Å². The lowest BCUT2D eigenvalue weighted by atomic mass is 10.1. The van der Waals surface area contributed by atoms with E-state index < -0.39 is 0 Å². The molecular weight excluding hydrogens is 400 g/mol. The Labute approximate surface area is 141 Å². The highest BCUT2D eigenvalue weighted by Crippen LogP contribution is 2.34. The van der Waals surface area contributed by atoms with Crippen LogP contribution in [-0.4, -0.2) is 22.1 Å². The topological polar surface area (TPSA) is 66.0 Å². The zero-order chi connectivity index (χ0) is 15.6. The normalized spacial score (nSPS) is 12.5. The molecule has 5 nitrogen and oxygen atoms in total. The van der Waals surface area contributed by atoms with Crippen molar-refractivity contribution in [2.75, 3.05) is 7.11 Å². The van der Waals surface area contributed by atoms with Gasteiger partial charge in [-0.3, -0.25) is 0 Å². The number of benzene rings is 1. The molecule has 0 bridgehead atoms. The monoisotopic (exact) mass is 416 g/mol. The third kappa shape index (κ3) is 3.14. The molecule has 0 fully saturated rings. The highest BCUT2D eigenvalue weighted by molar-refractivity contribution is 9.11. The first kappa shape index (κ1) is 16.5. The third-order valence-corrected chi connectivity index (χ3v) is 4.62. The van der Waals surface area contributed by atoms with Crippen molar-refractivity contribution in [1.29, 1.82) is 0 Å². The molecule has 1 heterocycles. The zero-order valence-corrected chi connectivity index (χ0v) is 15.4. The molecule has 0 aliphatic heterocycles. The van der Waals surface area contributed by atoms with Crippen LogP contribution < -0.4 is 10.5 Å². The van der Waals surface area contributed by atoms with Crippen molar-refractivity contribution in [3.8, 4) is 11.4 Å². The van der Waals surface area contributed by atoms with Gasteiger partial charge >= 0.3 is 0 Å². The van der Waals surface area contributed by atoms with E-state index >= 15 is 0 Å². The minimum absolute atomic E-state index is 0.0928. The van der Waals surface area contributed by atoms with Gasteiger partial charge in [-0.1, -0.05) is 19.1 Å². The van der Waals surface area contributed by atoms with Crippen LogP contribution in [0.15, 0.2) is 21.1 Å². The Bertz CT molecular complexity index is 642. The minimum Gasteiger partial charge on any atom is -0.495 e. The molecule has 0 spiro atoms. The Hall–Kier alpha value is -0.920. The fraction of sp³-hybridized carbons (Fsp3) is 0.429. The van der Waals surface area contributed by atoms with E-state index in [4.69, 9.17) is 10.5 Å². The first-order valence-electron chi connectivity index (χ1n) is 6.76. The van der Waals surface area contributed by atoms with E-state index in [-0.39, 0.29) is 6.04 Å². The van der Waals surface area contributed by atoms with Crippen LogP contribution in [0, 0.1) is 0 Å². The summed E-state index contributed by atoms with van der Waals surface area (Å²) >= 11 is 7.04. The molecule has 2 N–H and O–H groups in total. The molecule has 2 rings (SSSR count). The van der Waals surface area contributed by atoms with E-state index in [1.165, 1.54) is 0 Å². The maximum absolute atomic E-state index is 6.12. The van der Waals surface area contributed by atoms with Crippen LogP contribution >= 0.6 is 31.9 Å². The third-order valence-electron chi connectivity index (χ3n) is 3.37. The fourth-order valence-corrected chi connectivity index (χ4v) is 3.48. The number of halogens is 2. The molecule has 0 amide bonds. The Morgan fingerprint density at radius 1 is 1.29 bits per heavy atom. The van der Waals surface area contributed by atoms with Crippen molar-refractivity contribution in [3.05, 3.63) is 32.5 Å². The molecule has 1 aromatic heterocycles. The minimum atomic E-state index is -0.0928. The quantitative estimate of drug-likeness (QED) is 0.803. The molecule has 0 radical (unpaired) electrons. The molecule has 1 unspecified atom stereocenters. The second-order valence-corrected chi connectivity index (χ2v) is 6.35. The molecule has 7 heteroatoms. The summed E-state index contributed by atoms with van der Waals surface area (Å²) in [5, 5.41) is 8.55. The smallest absolute Gasteiger partial charge is 0.135 e. The largest absolute Gasteiger partial charge is 0.495 e. The molecule has 1 atom stereocenters. The van der Waals surface area contributed by atoms with Gasteiger partial charge in [0.05, 0.1) is 29.0 Å². The Morgan fingerprint density at radius 2 is 2.00 bits per heavy atom. The summed E-state index contributed by atoms with van der Waals surface area (Å²) in [5.74, 6) is 0.743. The van der Waals surface area contributed by atoms with Gasteiger partial charge in [0, 0.05) is 10.5 Å². The summed E-state index contributed by atoms with van der Waals surface area (Å²) in [7, 11) is 1.64. The second kappa shape index (κ2) is 6.89. The standard InChI is InChI=1S/C14H18Br2N4O/c1-4-10(17)14-11(5-2)20(19-18-14)12-7-13(21-3)9(16)6-8(12)15/h6-7,10H,4-5,17H2,1-3H3. The molecule has 2 aromatic rings. The highest BCUT2D eigenvalue weighted by Gasteiger charge is 2.19. The van der Waals surface area contributed by atoms with Gasteiger partial charge in [-0.25, -0.2) is 4.68 Å². The Morgan fingerprint density at radius 3 is 2.57 bits per heavy atom. The van der Waals surface area contributed by atoms with Crippen molar-refractivity contribution >= 4 is 31.9 Å². The molecular formula is C14H18Br2N4O. The van der Waals surface area contributed by atoms with Gasteiger partial charge in [-0.15, -0.1) is 5.10 Å². The molecule has 1 aromatic carbocycles. The van der Waals surface area contributed by atoms with Crippen molar-refractivity contribution in [3.63, 3.8) is 0 Å². The lowest BCUT2D eigenvalue weighted by Gasteiger charge is -2.12. The van der Waals surface area contributed by atoms with Crippen LogP contribution in [0.5, 0.6) is 5.75 Å². The molecule has 0 saturated carbocycles. The fourth-order valence-electron chi connectivity index (χ4n) is 2.16. The number of hydrogen-bond donors (Lipinski definition) is 1. The van der Waals surface area contributed by atoms with Crippen LogP contribution in [-0.2, 0) is 6.42 Å². The van der Waals surface area contributed by atoms with Crippen molar-refractivity contribution in [2.45, 2.75) is 32.7 Å². The molecule has 0 aliphatic rings. The predicted octanol–water partition coefficient (Wildman–Crippen LogP) is 3.77. The van der Waals surface area contributed by atoms with Gasteiger partial charge in [0.1, 0.15) is 11.4 Å². The van der Waals surface area contributed by atoms with Crippen LogP contribution in [0.3, 0.4) is 0 Å². The molecule has 114 valence electrons. The van der Waals surface area contributed by atoms with Gasteiger partial charge in [0.15, 0.2) is 0 Å². The van der Waals surface area contributed by atoms with Crippen LogP contribution in [0.2, 0.25) is 0 Å². The van der Waals surface area contributed by atoms with E-state index in [0.29, 0.717) is 0 Å². The van der Waals surface area contributed by atoms with Gasteiger partial charge in [0.2, 0.25) is 0 Å². The van der Waals surface area contributed by atoms with Crippen LogP contribution in [0.25, 0.3) is 5.69 Å². The highest BCUT2D eigenvalue weighted by atomic mass is 79.9. The number of nitrogens with two attached hydrogens (primary N) is 1. The van der Waals surface area contributed by atoms with E-state index in [2.05, 4.69) is 49.1 Å². The summed E-state index contributed by atoms with van der Waals surface area (Å²) in [4.78, 5) is 0. The first-order valence-corrected chi connectivity index (χ1v) is 8.35. The number of methoxy groups -OCH3 is 1. The van der Waals surface area contributed by atoms with E-state index in [9.17, 15) is 0 Å². The van der Waals surface area contributed by atoms with Crippen molar-refractivity contribution in [2.24, 2.45) is 5.73 Å². The average molecular weight is 418 g/mol. The summed E-state index contributed by atoms with van der Waals surface area (Å²) in [6.45, 7) is 4.12. The number of ether oxygens (including phenoxy) is 1. The maximum atomic E-state index is 6.12. The number of hydrogen-bond acceptors (Lipinski definition) is 4. The number of rotatable bonds is 5. The SMILES string of the molecule is CCc1c(C(N)CC)nnn1-c1cc(OC)c(Br)cc1Br. The average Bonchev–Trinajstić information content (AvgIpc) is 2.90. The Balaban J connectivity index is 2.59. The van der Waals surface area contributed by atoms with Crippen LogP contribution in [0.4, 0.5) is 0 Å². The van der Waals surface area contributed by atoms with Crippen molar-refractivity contribution < 1.29 is 4.74 Å².